The lowest BCUT2D eigenvalue weighted by Gasteiger charge is -2.21. The van der Waals surface area contributed by atoms with E-state index in [0.29, 0.717) is 0 Å². The minimum Gasteiger partial charge on any atom is -0.303 e. The van der Waals surface area contributed by atoms with Crippen molar-refractivity contribution in [1.29, 1.82) is 0 Å². The molecule has 0 aliphatic carbocycles. The van der Waals surface area contributed by atoms with Crippen molar-refractivity contribution in [3.8, 4) is 0 Å². The topological polar surface area (TPSA) is 17.3 Å². The number of fused-ring (bicyclic) bond motifs is 1. The normalized spacial score (nSPS) is 13.3. The van der Waals surface area contributed by atoms with Gasteiger partial charge in [0, 0.05) is 29.1 Å². The van der Waals surface area contributed by atoms with Crippen LogP contribution in [-0.2, 0) is 10.8 Å². The molecule has 2 nitrogen and oxygen atoms in total. The molecule has 0 bridgehead atoms. The zero-order valence-electron chi connectivity index (χ0n) is 11.7. The van der Waals surface area contributed by atoms with Crippen molar-refractivity contribution in [2.45, 2.75) is 52.4 Å². The summed E-state index contributed by atoms with van der Waals surface area (Å²) in [6.07, 6.45) is 4.11. The van der Waals surface area contributed by atoms with Gasteiger partial charge in [-0.2, -0.15) is 0 Å². The molecule has 2 aromatic heterocycles. The molecular formula is C15H22N2. The summed E-state index contributed by atoms with van der Waals surface area (Å²) < 4.78 is 2.22. The Labute approximate surface area is 104 Å². The van der Waals surface area contributed by atoms with Crippen LogP contribution in [0.5, 0.6) is 0 Å². The number of rotatable bonds is 0. The molecule has 0 radical (unpaired) electrons. The van der Waals surface area contributed by atoms with Gasteiger partial charge >= 0.3 is 0 Å². The van der Waals surface area contributed by atoms with Crippen LogP contribution in [0.25, 0.3) is 5.65 Å². The Kier molecular flexibility index (Phi) is 2.57. The molecule has 92 valence electrons. The number of hydrogen-bond donors (Lipinski definition) is 0. The lowest BCUT2D eigenvalue weighted by Crippen LogP contribution is -2.16. The highest BCUT2D eigenvalue weighted by molar-refractivity contribution is 5.53. The van der Waals surface area contributed by atoms with E-state index in [2.05, 4.69) is 69.3 Å². The first-order valence-corrected chi connectivity index (χ1v) is 6.18. The van der Waals surface area contributed by atoms with E-state index in [-0.39, 0.29) is 10.8 Å². The standard InChI is InChI=1S/C15H22N2/c1-14(2,3)11-8-7-9-17-12(15(4,5)6)10-16-13(11)17/h7-10H,1-6H3. The van der Waals surface area contributed by atoms with Gasteiger partial charge in [-0.05, 0) is 11.5 Å². The Hall–Kier alpha value is -1.31. The minimum absolute atomic E-state index is 0.121. The first-order chi connectivity index (χ1) is 7.71. The highest BCUT2D eigenvalue weighted by Gasteiger charge is 2.23. The predicted molar refractivity (Wildman–Crippen MR) is 72.6 cm³/mol. The summed E-state index contributed by atoms with van der Waals surface area (Å²) in [7, 11) is 0. The predicted octanol–water partition coefficient (Wildman–Crippen LogP) is 3.93. The second-order valence-electron chi connectivity index (χ2n) is 6.76. The third-order valence-electron chi connectivity index (χ3n) is 3.11. The number of pyridine rings is 1. The average Bonchev–Trinajstić information content (AvgIpc) is 2.57. The maximum atomic E-state index is 4.61. The first-order valence-electron chi connectivity index (χ1n) is 6.18. The summed E-state index contributed by atoms with van der Waals surface area (Å²) in [6, 6.07) is 4.29. The van der Waals surface area contributed by atoms with Crippen LogP contribution in [0, 0.1) is 0 Å². The quantitative estimate of drug-likeness (QED) is 0.670. The number of imidazole rings is 1. The summed E-state index contributed by atoms with van der Waals surface area (Å²) in [5.41, 5.74) is 3.90. The largest absolute Gasteiger partial charge is 0.303 e. The van der Waals surface area contributed by atoms with Crippen molar-refractivity contribution >= 4 is 5.65 Å². The Morgan fingerprint density at radius 3 is 2.18 bits per heavy atom. The third-order valence-corrected chi connectivity index (χ3v) is 3.11. The van der Waals surface area contributed by atoms with Crippen molar-refractivity contribution in [3.05, 3.63) is 35.8 Å². The minimum atomic E-state index is 0.121. The molecule has 0 aromatic carbocycles. The fourth-order valence-electron chi connectivity index (χ4n) is 2.15. The second-order valence-corrected chi connectivity index (χ2v) is 6.76. The zero-order chi connectivity index (χ0) is 12.8. The van der Waals surface area contributed by atoms with E-state index in [1.54, 1.807) is 0 Å². The Morgan fingerprint density at radius 2 is 1.65 bits per heavy atom. The van der Waals surface area contributed by atoms with Gasteiger partial charge in [-0.3, -0.25) is 0 Å². The highest BCUT2D eigenvalue weighted by atomic mass is 15.0. The van der Waals surface area contributed by atoms with Crippen molar-refractivity contribution in [1.82, 2.24) is 9.38 Å². The van der Waals surface area contributed by atoms with Crippen molar-refractivity contribution < 1.29 is 0 Å². The Bertz CT molecular complexity index is 536. The van der Waals surface area contributed by atoms with Gasteiger partial charge in [-0.1, -0.05) is 47.6 Å². The molecule has 2 heteroatoms. The van der Waals surface area contributed by atoms with Crippen molar-refractivity contribution in [2.24, 2.45) is 0 Å². The van der Waals surface area contributed by atoms with Crippen LogP contribution >= 0.6 is 0 Å². The average molecular weight is 230 g/mol. The van der Waals surface area contributed by atoms with E-state index in [1.807, 2.05) is 6.20 Å². The highest BCUT2D eigenvalue weighted by Crippen LogP contribution is 2.29. The molecule has 0 saturated heterocycles. The molecule has 0 amide bonds. The van der Waals surface area contributed by atoms with Gasteiger partial charge in [0.1, 0.15) is 5.65 Å². The third kappa shape index (κ3) is 2.08. The molecule has 0 atom stereocenters. The molecule has 0 aliphatic heterocycles. The van der Waals surface area contributed by atoms with E-state index < -0.39 is 0 Å². The molecule has 0 saturated carbocycles. The summed E-state index contributed by atoms with van der Waals surface area (Å²) in [6.45, 7) is 13.4. The van der Waals surface area contributed by atoms with Gasteiger partial charge < -0.3 is 4.40 Å². The summed E-state index contributed by atoms with van der Waals surface area (Å²) in [5, 5.41) is 0. The molecule has 17 heavy (non-hydrogen) atoms. The summed E-state index contributed by atoms with van der Waals surface area (Å²) >= 11 is 0. The molecule has 0 spiro atoms. The van der Waals surface area contributed by atoms with Crippen LogP contribution in [0.4, 0.5) is 0 Å². The molecular weight excluding hydrogens is 208 g/mol. The number of hydrogen-bond acceptors (Lipinski definition) is 1. The van der Waals surface area contributed by atoms with Gasteiger partial charge in [-0.15, -0.1) is 0 Å². The van der Waals surface area contributed by atoms with Crippen molar-refractivity contribution in [3.63, 3.8) is 0 Å². The number of nitrogens with zero attached hydrogens (tertiary/aromatic N) is 2. The Morgan fingerprint density at radius 1 is 1.00 bits per heavy atom. The van der Waals surface area contributed by atoms with Crippen LogP contribution in [0.1, 0.15) is 52.8 Å². The molecule has 0 unspecified atom stereocenters. The van der Waals surface area contributed by atoms with Crippen LogP contribution in [0.2, 0.25) is 0 Å². The Balaban J connectivity index is 2.74. The van der Waals surface area contributed by atoms with Crippen LogP contribution in [0.15, 0.2) is 24.5 Å². The summed E-state index contributed by atoms with van der Waals surface area (Å²) in [4.78, 5) is 4.61. The van der Waals surface area contributed by atoms with E-state index in [1.165, 1.54) is 11.3 Å². The van der Waals surface area contributed by atoms with E-state index in [9.17, 15) is 0 Å². The van der Waals surface area contributed by atoms with Gasteiger partial charge in [0.15, 0.2) is 0 Å². The van der Waals surface area contributed by atoms with Crippen molar-refractivity contribution in [2.75, 3.05) is 0 Å². The smallest absolute Gasteiger partial charge is 0.140 e. The fourth-order valence-corrected chi connectivity index (χ4v) is 2.15. The molecule has 2 aromatic rings. The molecule has 0 aliphatic rings. The SMILES string of the molecule is CC(C)(C)c1cccn2c(C(C)(C)C)cnc12. The second kappa shape index (κ2) is 3.59. The first kappa shape index (κ1) is 12.2. The lowest BCUT2D eigenvalue weighted by molar-refractivity contribution is 0.560. The maximum absolute atomic E-state index is 4.61. The molecule has 2 heterocycles. The summed E-state index contributed by atoms with van der Waals surface area (Å²) in [5.74, 6) is 0. The van der Waals surface area contributed by atoms with Gasteiger partial charge in [-0.25, -0.2) is 4.98 Å². The van der Waals surface area contributed by atoms with E-state index in [0.717, 1.165) is 5.65 Å². The van der Waals surface area contributed by atoms with Crippen LogP contribution in [0.3, 0.4) is 0 Å². The fraction of sp³-hybridized carbons (Fsp3) is 0.533. The molecule has 0 N–H and O–H groups in total. The van der Waals surface area contributed by atoms with Gasteiger partial charge in [0.05, 0.1) is 0 Å². The zero-order valence-corrected chi connectivity index (χ0v) is 11.7. The van der Waals surface area contributed by atoms with E-state index >= 15 is 0 Å². The van der Waals surface area contributed by atoms with Crippen LogP contribution < -0.4 is 0 Å². The van der Waals surface area contributed by atoms with E-state index in [4.69, 9.17) is 0 Å². The maximum Gasteiger partial charge on any atom is 0.140 e. The van der Waals surface area contributed by atoms with Gasteiger partial charge in [0.25, 0.3) is 0 Å². The monoisotopic (exact) mass is 230 g/mol. The lowest BCUT2D eigenvalue weighted by atomic mass is 9.87. The molecule has 2 rings (SSSR count). The van der Waals surface area contributed by atoms with Gasteiger partial charge in [0.2, 0.25) is 0 Å². The molecule has 0 fully saturated rings. The van der Waals surface area contributed by atoms with Crippen LogP contribution in [-0.4, -0.2) is 9.38 Å². The number of aromatic nitrogens is 2.